The molecule has 0 spiro atoms. The van der Waals surface area contributed by atoms with Gasteiger partial charge in [0.2, 0.25) is 11.9 Å². The third-order valence-electron chi connectivity index (χ3n) is 4.30. The van der Waals surface area contributed by atoms with Gasteiger partial charge >= 0.3 is 0 Å². The molecule has 2 amide bonds. The maximum Gasteiger partial charge on any atom is 0.252 e. The summed E-state index contributed by atoms with van der Waals surface area (Å²) in [6.45, 7) is 4.33. The van der Waals surface area contributed by atoms with E-state index in [1.807, 2.05) is 6.92 Å². The first kappa shape index (κ1) is 17.3. The number of nitrogens with zero attached hydrogens (tertiary/aromatic N) is 2. The molecule has 2 aliphatic heterocycles. The zero-order valence-corrected chi connectivity index (χ0v) is 14.5. The molecule has 2 N–H and O–H groups in total. The van der Waals surface area contributed by atoms with Crippen LogP contribution in [-0.2, 0) is 9.59 Å². The van der Waals surface area contributed by atoms with E-state index in [2.05, 4.69) is 20.5 Å². The molecule has 1 aromatic rings. The predicted octanol–water partition coefficient (Wildman–Crippen LogP) is 1.75. The third kappa shape index (κ3) is 4.49. The Hall–Kier alpha value is -2.57. The van der Waals surface area contributed by atoms with Crippen LogP contribution in [-0.4, -0.2) is 48.4 Å². The molecule has 0 aliphatic carbocycles. The van der Waals surface area contributed by atoms with Crippen LogP contribution in [0.2, 0.25) is 0 Å². The molecule has 0 saturated carbocycles. The maximum atomic E-state index is 12.2. The highest BCUT2D eigenvalue weighted by atomic mass is 16.5. The number of carbonyl (C=O) groups is 2. The fraction of sp³-hybridized carbons (Fsp3) is 0.500. The average molecular weight is 344 g/mol. The number of ether oxygens (including phenoxy) is 1. The van der Waals surface area contributed by atoms with Crippen molar-refractivity contribution in [2.75, 3.05) is 25.0 Å². The van der Waals surface area contributed by atoms with Crippen molar-refractivity contribution in [2.24, 2.45) is 4.99 Å². The molecule has 3 rings (SSSR count). The topological polar surface area (TPSA) is 83.0 Å². The lowest BCUT2D eigenvalue weighted by Gasteiger charge is -2.27. The van der Waals surface area contributed by atoms with E-state index >= 15 is 0 Å². The van der Waals surface area contributed by atoms with Gasteiger partial charge in [-0.1, -0.05) is 0 Å². The first-order chi connectivity index (χ1) is 12.2. The molecule has 0 aromatic heterocycles. The number of rotatable bonds is 5. The maximum absolute atomic E-state index is 12.2. The van der Waals surface area contributed by atoms with Crippen molar-refractivity contribution in [3.63, 3.8) is 0 Å². The van der Waals surface area contributed by atoms with E-state index < -0.39 is 6.04 Å². The van der Waals surface area contributed by atoms with Crippen molar-refractivity contribution in [1.82, 2.24) is 10.2 Å². The highest BCUT2D eigenvalue weighted by Crippen LogP contribution is 2.17. The van der Waals surface area contributed by atoms with Crippen molar-refractivity contribution in [2.45, 2.75) is 38.6 Å². The first-order valence-corrected chi connectivity index (χ1v) is 8.82. The van der Waals surface area contributed by atoms with Crippen molar-refractivity contribution in [1.29, 1.82) is 0 Å². The minimum Gasteiger partial charge on any atom is -0.494 e. The first-order valence-electron chi connectivity index (χ1n) is 8.82. The lowest BCUT2D eigenvalue weighted by atomic mass is 10.1. The van der Waals surface area contributed by atoms with Crippen LogP contribution in [0.1, 0.15) is 32.6 Å². The van der Waals surface area contributed by atoms with E-state index in [0.717, 1.165) is 31.7 Å². The summed E-state index contributed by atoms with van der Waals surface area (Å²) in [6.07, 6.45) is 3.47. The highest BCUT2D eigenvalue weighted by Gasteiger charge is 2.31. The SMILES string of the molecule is CCOc1ccc(NC(=O)C[C@H]2N=C(N3CCCCC3)NC2=O)cc1. The van der Waals surface area contributed by atoms with Crippen LogP contribution in [0, 0.1) is 0 Å². The van der Waals surface area contributed by atoms with Gasteiger partial charge in [0.15, 0.2) is 0 Å². The number of anilines is 1. The lowest BCUT2D eigenvalue weighted by Crippen LogP contribution is -2.43. The Kier molecular flexibility index (Phi) is 5.53. The average Bonchev–Trinajstić information content (AvgIpc) is 2.98. The second-order valence-corrected chi connectivity index (χ2v) is 6.22. The molecule has 1 atom stereocenters. The Morgan fingerprint density at radius 1 is 1.28 bits per heavy atom. The molecule has 7 nitrogen and oxygen atoms in total. The van der Waals surface area contributed by atoms with E-state index in [4.69, 9.17) is 4.74 Å². The summed E-state index contributed by atoms with van der Waals surface area (Å²) >= 11 is 0. The van der Waals surface area contributed by atoms with Crippen molar-refractivity contribution >= 4 is 23.5 Å². The molecular formula is C18H24N4O3. The Balaban J connectivity index is 1.54. The smallest absolute Gasteiger partial charge is 0.252 e. The van der Waals surface area contributed by atoms with E-state index in [-0.39, 0.29) is 18.2 Å². The summed E-state index contributed by atoms with van der Waals surface area (Å²) < 4.78 is 5.37. The van der Waals surface area contributed by atoms with Gasteiger partial charge < -0.3 is 15.0 Å². The summed E-state index contributed by atoms with van der Waals surface area (Å²) in [5.41, 5.74) is 0.673. The van der Waals surface area contributed by atoms with Crippen LogP contribution in [0.25, 0.3) is 0 Å². The monoisotopic (exact) mass is 344 g/mol. The lowest BCUT2D eigenvalue weighted by molar-refractivity contribution is -0.123. The Morgan fingerprint density at radius 2 is 2.00 bits per heavy atom. The van der Waals surface area contributed by atoms with Gasteiger partial charge in [-0.25, -0.2) is 4.99 Å². The quantitative estimate of drug-likeness (QED) is 0.852. The van der Waals surface area contributed by atoms with Crippen molar-refractivity contribution < 1.29 is 14.3 Å². The second kappa shape index (κ2) is 8.00. The van der Waals surface area contributed by atoms with Gasteiger partial charge in [0.25, 0.3) is 5.91 Å². The van der Waals surface area contributed by atoms with Crippen LogP contribution < -0.4 is 15.4 Å². The van der Waals surface area contributed by atoms with Gasteiger partial charge in [0.05, 0.1) is 13.0 Å². The summed E-state index contributed by atoms with van der Waals surface area (Å²) in [7, 11) is 0. The van der Waals surface area contributed by atoms with E-state index in [9.17, 15) is 9.59 Å². The fourth-order valence-corrected chi connectivity index (χ4v) is 3.03. The zero-order valence-electron chi connectivity index (χ0n) is 14.5. The van der Waals surface area contributed by atoms with Crippen LogP contribution in [0.15, 0.2) is 29.3 Å². The Bertz CT molecular complexity index is 651. The number of amides is 2. The molecule has 0 bridgehead atoms. The number of hydrogen-bond acceptors (Lipinski definition) is 5. The van der Waals surface area contributed by atoms with Gasteiger partial charge in [-0.2, -0.15) is 0 Å². The largest absolute Gasteiger partial charge is 0.494 e. The summed E-state index contributed by atoms with van der Waals surface area (Å²) in [6, 6.07) is 6.50. The molecule has 1 saturated heterocycles. The van der Waals surface area contributed by atoms with Gasteiger partial charge in [0, 0.05) is 18.8 Å². The van der Waals surface area contributed by atoms with Crippen LogP contribution in [0.3, 0.4) is 0 Å². The number of hydrogen-bond donors (Lipinski definition) is 2. The summed E-state index contributed by atoms with van der Waals surface area (Å²) in [5, 5.41) is 5.60. The van der Waals surface area contributed by atoms with Gasteiger partial charge in [-0.15, -0.1) is 0 Å². The molecular weight excluding hydrogens is 320 g/mol. The normalized spacial score (nSPS) is 20.0. The molecule has 0 radical (unpaired) electrons. The Morgan fingerprint density at radius 3 is 2.68 bits per heavy atom. The van der Waals surface area contributed by atoms with Gasteiger partial charge in [0.1, 0.15) is 11.8 Å². The number of piperidine rings is 1. The molecule has 1 fully saturated rings. The summed E-state index contributed by atoms with van der Waals surface area (Å²) in [4.78, 5) is 30.8. The van der Waals surface area contributed by atoms with E-state index in [1.165, 1.54) is 6.42 Å². The minimum absolute atomic E-state index is 0.0381. The number of benzene rings is 1. The fourth-order valence-electron chi connectivity index (χ4n) is 3.03. The zero-order chi connectivity index (χ0) is 17.6. The number of likely N-dealkylation sites (tertiary alicyclic amines) is 1. The second-order valence-electron chi connectivity index (χ2n) is 6.22. The molecule has 2 aliphatic rings. The van der Waals surface area contributed by atoms with Gasteiger partial charge in [-0.3, -0.25) is 14.9 Å². The predicted molar refractivity (Wildman–Crippen MR) is 95.6 cm³/mol. The third-order valence-corrected chi connectivity index (χ3v) is 4.30. The number of aliphatic imine (C=N–C) groups is 1. The van der Waals surface area contributed by atoms with Crippen molar-refractivity contribution in [3.8, 4) is 5.75 Å². The van der Waals surface area contributed by atoms with E-state index in [0.29, 0.717) is 18.3 Å². The van der Waals surface area contributed by atoms with E-state index in [1.54, 1.807) is 24.3 Å². The summed E-state index contributed by atoms with van der Waals surface area (Å²) in [5.74, 6) is 0.936. The molecule has 25 heavy (non-hydrogen) atoms. The minimum atomic E-state index is -0.653. The van der Waals surface area contributed by atoms with Gasteiger partial charge in [-0.05, 0) is 50.5 Å². The number of nitrogens with one attached hydrogen (secondary N) is 2. The molecule has 7 heteroatoms. The molecule has 1 aromatic carbocycles. The van der Waals surface area contributed by atoms with Crippen LogP contribution in [0.4, 0.5) is 5.69 Å². The van der Waals surface area contributed by atoms with Crippen LogP contribution >= 0.6 is 0 Å². The Labute approximate surface area is 147 Å². The highest BCUT2D eigenvalue weighted by molar-refractivity contribution is 6.07. The number of guanidine groups is 1. The van der Waals surface area contributed by atoms with Crippen LogP contribution in [0.5, 0.6) is 5.75 Å². The number of carbonyl (C=O) groups excluding carboxylic acids is 2. The van der Waals surface area contributed by atoms with Crippen molar-refractivity contribution in [3.05, 3.63) is 24.3 Å². The molecule has 0 unspecified atom stereocenters. The molecule has 134 valence electrons. The standard InChI is InChI=1S/C18H24N4O3/c1-2-25-14-8-6-13(7-9-14)19-16(23)12-15-17(24)21-18(20-15)22-10-4-3-5-11-22/h6-9,15H,2-5,10-12H2,1H3,(H,19,23)(H,20,21,24)/t15-/m1/s1. The molecule has 2 heterocycles.